The maximum absolute atomic E-state index is 14.4. The first kappa shape index (κ1) is 26.1. The summed E-state index contributed by atoms with van der Waals surface area (Å²) in [5, 5.41) is 24.1. The Labute approximate surface area is 206 Å². The molecule has 0 bridgehead atoms. The number of carbonyl (C=O) groups is 2. The molecular weight excluding hydrogens is 513 g/mol. The largest absolute Gasteiger partial charge is 0.465 e. The van der Waals surface area contributed by atoms with Gasteiger partial charge in [0.1, 0.15) is 0 Å². The van der Waals surface area contributed by atoms with Crippen LogP contribution in [0, 0.1) is 17.2 Å². The molecule has 2 N–H and O–H groups in total. The summed E-state index contributed by atoms with van der Waals surface area (Å²) >= 11 is 7.78. The van der Waals surface area contributed by atoms with Gasteiger partial charge in [-0.25, -0.2) is 0 Å². The summed E-state index contributed by atoms with van der Waals surface area (Å²) in [6, 6.07) is 10.6. The van der Waals surface area contributed by atoms with Gasteiger partial charge in [-0.2, -0.15) is 18.4 Å². The van der Waals surface area contributed by atoms with Crippen LogP contribution in [0.5, 0.6) is 0 Å². The van der Waals surface area contributed by atoms with Crippen molar-refractivity contribution in [3.63, 3.8) is 0 Å². The average molecular weight is 531 g/mol. The van der Waals surface area contributed by atoms with Crippen LogP contribution >= 0.6 is 34.7 Å². The number of thiophene rings is 1. The smallest absolute Gasteiger partial charge is 0.437 e. The van der Waals surface area contributed by atoms with Gasteiger partial charge in [0.05, 0.1) is 39.8 Å². The lowest BCUT2D eigenvalue weighted by molar-refractivity contribution is -0.285. The second-order valence-corrected chi connectivity index (χ2v) is 9.50. The minimum atomic E-state index is -5.33. The zero-order valence-electron chi connectivity index (χ0n) is 17.6. The van der Waals surface area contributed by atoms with Crippen LogP contribution in [0.25, 0.3) is 0 Å². The van der Waals surface area contributed by atoms with E-state index in [0.29, 0.717) is 11.8 Å². The van der Waals surface area contributed by atoms with Crippen LogP contribution in [-0.2, 0) is 9.53 Å². The third-order valence-corrected chi connectivity index (χ3v) is 7.34. The highest BCUT2D eigenvalue weighted by atomic mass is 35.5. The first-order valence-electron chi connectivity index (χ1n) is 9.87. The molecule has 2 heterocycles. The molecule has 0 fully saturated rings. The summed E-state index contributed by atoms with van der Waals surface area (Å²) < 4.78 is 48.0. The Bertz CT molecular complexity index is 1150. The zero-order valence-corrected chi connectivity index (χ0v) is 19.9. The summed E-state index contributed by atoms with van der Waals surface area (Å²) in [6.45, 7) is 1.63. The molecule has 0 aliphatic carbocycles. The number of Topliss-reactive ketones (excluding diaryl/α,β-unsaturated/α-hetero) is 1. The second kappa shape index (κ2) is 10.4. The zero-order chi connectivity index (χ0) is 25.1. The third kappa shape index (κ3) is 4.95. The van der Waals surface area contributed by atoms with Gasteiger partial charge in [-0.3, -0.25) is 9.59 Å². The van der Waals surface area contributed by atoms with Gasteiger partial charge >= 0.3 is 12.1 Å². The van der Waals surface area contributed by atoms with Crippen molar-refractivity contribution in [2.75, 3.05) is 12.4 Å². The lowest BCUT2D eigenvalue weighted by Gasteiger charge is -2.45. The first-order chi connectivity index (χ1) is 16.0. The fourth-order valence-electron chi connectivity index (χ4n) is 3.66. The summed E-state index contributed by atoms with van der Waals surface area (Å²) in [5.41, 5.74) is -3.95. The molecule has 1 aromatic carbocycles. The fraction of sp³-hybridized carbons (Fsp3) is 0.318. The predicted octanol–water partition coefficient (Wildman–Crippen LogP) is 4.87. The third-order valence-electron chi connectivity index (χ3n) is 5.12. The molecule has 0 amide bonds. The fourth-order valence-corrected chi connectivity index (χ4v) is 5.52. The molecule has 2 aromatic rings. The molecule has 0 saturated carbocycles. The highest BCUT2D eigenvalue weighted by Gasteiger charge is 2.66. The average Bonchev–Trinajstić information content (AvgIpc) is 3.32. The van der Waals surface area contributed by atoms with Gasteiger partial charge < -0.3 is 15.2 Å². The Morgan fingerprint density at radius 3 is 2.59 bits per heavy atom. The normalized spacial score (nSPS) is 22.6. The Kier molecular flexibility index (Phi) is 7.98. The molecule has 1 aliphatic heterocycles. The summed E-state index contributed by atoms with van der Waals surface area (Å²) in [4.78, 5) is 25.2. The van der Waals surface area contributed by atoms with Gasteiger partial charge in [0.2, 0.25) is 5.72 Å². The molecular formula is C22H18ClF3N2O4S2. The SMILES string of the molecule is CCOC(=O)CSC1=C(C#N)[C@@H](c2ccccc2Cl)[C@@H](C(=O)c2cccs2)[C@](O)(C(F)(F)F)N1. The number of hydrogen-bond donors (Lipinski definition) is 2. The quantitative estimate of drug-likeness (QED) is 0.389. The number of rotatable bonds is 7. The van der Waals surface area contributed by atoms with Crippen LogP contribution in [0.15, 0.2) is 52.4 Å². The van der Waals surface area contributed by atoms with Crippen LogP contribution in [0.1, 0.15) is 28.1 Å². The molecule has 3 rings (SSSR count). The Morgan fingerprint density at radius 2 is 2.03 bits per heavy atom. The van der Waals surface area contributed by atoms with Crippen LogP contribution in [0.2, 0.25) is 5.02 Å². The molecule has 6 nitrogen and oxygen atoms in total. The van der Waals surface area contributed by atoms with Crippen LogP contribution < -0.4 is 5.32 Å². The standard InChI is InChI=1S/C22H18ClF3N2O4S2/c1-2-32-16(29)11-34-20-13(10-27)17(12-6-3-4-7-14(12)23)18(19(30)15-8-5-9-33-15)21(31,28-20)22(24,25)26/h3-9,17-18,28,31H,2,11H2,1H3/t17-,18+,21+/m1/s1. The number of nitriles is 1. The number of benzene rings is 1. The Hall–Kier alpha value is -2.52. The number of carbonyl (C=O) groups excluding carboxylic acids is 2. The van der Waals surface area contributed by atoms with Gasteiger partial charge in [0.25, 0.3) is 0 Å². The van der Waals surface area contributed by atoms with Crippen molar-refractivity contribution in [2.45, 2.75) is 24.7 Å². The number of aliphatic hydroxyl groups is 1. The monoisotopic (exact) mass is 530 g/mol. The number of esters is 1. The molecule has 0 unspecified atom stereocenters. The van der Waals surface area contributed by atoms with E-state index in [-0.39, 0.29) is 27.6 Å². The summed E-state index contributed by atoms with van der Waals surface area (Å²) in [6.07, 6.45) is -5.33. The van der Waals surface area contributed by atoms with Gasteiger partial charge in [-0.1, -0.05) is 47.6 Å². The number of nitrogens with one attached hydrogen (secondary N) is 1. The molecule has 1 aliphatic rings. The minimum absolute atomic E-state index is 0.0189. The Morgan fingerprint density at radius 1 is 1.32 bits per heavy atom. The van der Waals surface area contributed by atoms with E-state index in [2.05, 4.69) is 0 Å². The number of alkyl halides is 3. The van der Waals surface area contributed by atoms with Crippen molar-refractivity contribution >= 4 is 46.5 Å². The van der Waals surface area contributed by atoms with Crippen molar-refractivity contribution in [3.8, 4) is 6.07 Å². The molecule has 12 heteroatoms. The molecule has 3 atom stereocenters. The number of ether oxygens (including phenoxy) is 1. The highest BCUT2D eigenvalue weighted by Crippen LogP contribution is 2.52. The van der Waals surface area contributed by atoms with Crippen molar-refractivity contribution in [2.24, 2.45) is 5.92 Å². The van der Waals surface area contributed by atoms with Crippen molar-refractivity contribution < 1.29 is 32.6 Å². The van der Waals surface area contributed by atoms with E-state index in [4.69, 9.17) is 16.3 Å². The highest BCUT2D eigenvalue weighted by molar-refractivity contribution is 8.03. The lowest BCUT2D eigenvalue weighted by Crippen LogP contribution is -2.66. The number of nitrogens with zero attached hydrogens (tertiary/aromatic N) is 1. The minimum Gasteiger partial charge on any atom is -0.465 e. The van der Waals surface area contributed by atoms with Gasteiger partial charge in [-0.15, -0.1) is 11.3 Å². The van der Waals surface area contributed by atoms with E-state index in [1.54, 1.807) is 13.0 Å². The second-order valence-electron chi connectivity index (χ2n) is 7.16. The van der Waals surface area contributed by atoms with Crippen LogP contribution in [0.3, 0.4) is 0 Å². The first-order valence-corrected chi connectivity index (χ1v) is 12.1. The molecule has 34 heavy (non-hydrogen) atoms. The predicted molar refractivity (Wildman–Crippen MR) is 122 cm³/mol. The van der Waals surface area contributed by atoms with E-state index in [9.17, 15) is 33.1 Å². The number of ketones is 1. The maximum Gasteiger partial charge on any atom is 0.437 e. The number of hydrogen-bond acceptors (Lipinski definition) is 8. The Balaban J connectivity index is 2.26. The van der Waals surface area contributed by atoms with Gasteiger partial charge in [-0.05, 0) is 30.0 Å². The van der Waals surface area contributed by atoms with Gasteiger partial charge in [0, 0.05) is 10.9 Å². The summed E-state index contributed by atoms with van der Waals surface area (Å²) in [7, 11) is 0. The maximum atomic E-state index is 14.4. The molecule has 0 saturated heterocycles. The van der Waals surface area contributed by atoms with Crippen molar-refractivity contribution in [1.29, 1.82) is 5.26 Å². The van der Waals surface area contributed by atoms with Crippen LogP contribution in [-0.4, -0.2) is 41.1 Å². The molecule has 1 aromatic heterocycles. The lowest BCUT2D eigenvalue weighted by atomic mass is 9.70. The number of halogens is 4. The van der Waals surface area contributed by atoms with Crippen LogP contribution in [0.4, 0.5) is 13.2 Å². The van der Waals surface area contributed by atoms with Crippen molar-refractivity contribution in [3.05, 3.63) is 67.8 Å². The van der Waals surface area contributed by atoms with Gasteiger partial charge in [0.15, 0.2) is 5.78 Å². The van der Waals surface area contributed by atoms with E-state index in [1.807, 2.05) is 11.4 Å². The molecule has 0 spiro atoms. The van der Waals surface area contributed by atoms with E-state index < -0.39 is 46.3 Å². The number of thioether (sulfide) groups is 1. The summed E-state index contributed by atoms with van der Waals surface area (Å²) in [5.74, 6) is -5.87. The van der Waals surface area contributed by atoms with E-state index >= 15 is 0 Å². The molecule has 180 valence electrons. The van der Waals surface area contributed by atoms with Crippen molar-refractivity contribution in [1.82, 2.24) is 5.32 Å². The topological polar surface area (TPSA) is 99.4 Å². The van der Waals surface area contributed by atoms with E-state index in [0.717, 1.165) is 11.3 Å². The van der Waals surface area contributed by atoms with E-state index in [1.165, 1.54) is 35.7 Å². The molecule has 0 radical (unpaired) electrons. The number of allylic oxidation sites excluding steroid dienone is 1.